The van der Waals surface area contributed by atoms with Crippen molar-refractivity contribution in [3.8, 4) is 5.75 Å². The van der Waals surface area contributed by atoms with Crippen LogP contribution < -0.4 is 10.1 Å². The Morgan fingerprint density at radius 1 is 1.24 bits per heavy atom. The van der Waals surface area contributed by atoms with Gasteiger partial charge in [-0.3, -0.25) is 0 Å². The predicted octanol–water partition coefficient (Wildman–Crippen LogP) is 2.47. The Morgan fingerprint density at radius 2 is 2.00 bits per heavy atom. The zero-order valence-electron chi connectivity index (χ0n) is 10.8. The van der Waals surface area contributed by atoms with Gasteiger partial charge in [0, 0.05) is 20.3 Å². The first kappa shape index (κ1) is 14.0. The molecule has 0 bridgehead atoms. The Morgan fingerprint density at radius 3 is 2.65 bits per heavy atom. The van der Waals surface area contributed by atoms with E-state index in [1.807, 2.05) is 30.3 Å². The third-order valence-corrected chi connectivity index (χ3v) is 2.58. The number of methoxy groups -OCH3 is 1. The molecule has 0 fully saturated rings. The minimum Gasteiger partial charge on any atom is -0.489 e. The Hall–Kier alpha value is -1.06. The van der Waals surface area contributed by atoms with Crippen LogP contribution >= 0.6 is 0 Å². The van der Waals surface area contributed by atoms with Crippen molar-refractivity contribution in [3.05, 3.63) is 30.3 Å². The van der Waals surface area contributed by atoms with Gasteiger partial charge in [0.15, 0.2) is 0 Å². The van der Waals surface area contributed by atoms with E-state index in [1.165, 1.54) is 0 Å². The summed E-state index contributed by atoms with van der Waals surface area (Å²) in [6.45, 7) is 4.81. The zero-order valence-corrected chi connectivity index (χ0v) is 10.8. The second-order valence-electron chi connectivity index (χ2n) is 4.01. The lowest BCUT2D eigenvalue weighted by Gasteiger charge is -2.18. The molecule has 0 heterocycles. The molecule has 0 aliphatic heterocycles. The van der Waals surface area contributed by atoms with E-state index in [2.05, 4.69) is 12.2 Å². The van der Waals surface area contributed by atoms with Crippen molar-refractivity contribution in [2.45, 2.75) is 25.9 Å². The lowest BCUT2D eigenvalue weighted by molar-refractivity contribution is 0.180. The molecule has 1 aromatic rings. The normalized spacial score (nSPS) is 12.4. The molecule has 3 heteroatoms. The molecule has 17 heavy (non-hydrogen) atoms. The van der Waals surface area contributed by atoms with Crippen molar-refractivity contribution >= 4 is 0 Å². The van der Waals surface area contributed by atoms with Gasteiger partial charge in [0.05, 0.1) is 0 Å². The Bertz CT molecular complexity index is 277. The van der Waals surface area contributed by atoms with Gasteiger partial charge in [-0.2, -0.15) is 0 Å². The minimum absolute atomic E-state index is 0.236. The third kappa shape index (κ3) is 6.29. The smallest absolute Gasteiger partial charge is 0.119 e. The largest absolute Gasteiger partial charge is 0.489 e. The average molecular weight is 237 g/mol. The molecule has 0 saturated heterocycles. The van der Waals surface area contributed by atoms with Gasteiger partial charge in [0.25, 0.3) is 0 Å². The zero-order chi connectivity index (χ0) is 12.3. The quantitative estimate of drug-likeness (QED) is 0.669. The van der Waals surface area contributed by atoms with Gasteiger partial charge in [-0.1, -0.05) is 25.1 Å². The highest BCUT2D eigenvalue weighted by atomic mass is 16.5. The van der Waals surface area contributed by atoms with Crippen molar-refractivity contribution in [3.63, 3.8) is 0 Å². The number of hydrogen-bond acceptors (Lipinski definition) is 3. The standard InChI is InChI=1S/C14H23NO2/c1-3-13(12-15-10-7-11-16-2)17-14-8-5-4-6-9-14/h4-6,8-9,13,15H,3,7,10-12H2,1-2H3. The van der Waals surface area contributed by atoms with Crippen LogP contribution in [0.15, 0.2) is 30.3 Å². The Labute approximate surface area is 104 Å². The van der Waals surface area contributed by atoms with Crippen LogP contribution in [0.25, 0.3) is 0 Å². The fourth-order valence-electron chi connectivity index (χ4n) is 1.57. The third-order valence-electron chi connectivity index (χ3n) is 2.58. The molecule has 0 aliphatic rings. The molecule has 1 unspecified atom stereocenters. The molecule has 96 valence electrons. The summed E-state index contributed by atoms with van der Waals surface area (Å²) in [5.74, 6) is 0.943. The highest BCUT2D eigenvalue weighted by molar-refractivity contribution is 5.21. The molecule has 1 atom stereocenters. The summed E-state index contributed by atoms with van der Waals surface area (Å²) in [5.41, 5.74) is 0. The lowest BCUT2D eigenvalue weighted by Crippen LogP contribution is -2.31. The summed E-state index contributed by atoms with van der Waals surface area (Å²) >= 11 is 0. The molecule has 0 radical (unpaired) electrons. The van der Waals surface area contributed by atoms with Crippen molar-refractivity contribution < 1.29 is 9.47 Å². The molecule has 0 spiro atoms. The van der Waals surface area contributed by atoms with Crippen LogP contribution in [-0.4, -0.2) is 32.9 Å². The summed E-state index contributed by atoms with van der Waals surface area (Å²) in [4.78, 5) is 0. The van der Waals surface area contributed by atoms with Crippen molar-refractivity contribution in [1.29, 1.82) is 0 Å². The van der Waals surface area contributed by atoms with E-state index in [9.17, 15) is 0 Å². The number of hydrogen-bond donors (Lipinski definition) is 1. The Balaban J connectivity index is 2.20. The van der Waals surface area contributed by atoms with Crippen molar-refractivity contribution in [1.82, 2.24) is 5.32 Å². The van der Waals surface area contributed by atoms with Crippen LogP contribution in [-0.2, 0) is 4.74 Å². The highest BCUT2D eigenvalue weighted by Crippen LogP contribution is 2.11. The monoisotopic (exact) mass is 237 g/mol. The molecular weight excluding hydrogens is 214 g/mol. The van der Waals surface area contributed by atoms with Crippen LogP contribution in [0.4, 0.5) is 0 Å². The molecule has 0 amide bonds. The maximum Gasteiger partial charge on any atom is 0.119 e. The molecule has 3 nitrogen and oxygen atoms in total. The van der Waals surface area contributed by atoms with Crippen molar-refractivity contribution in [2.75, 3.05) is 26.8 Å². The molecule has 0 aliphatic carbocycles. The van der Waals surface area contributed by atoms with Gasteiger partial charge in [0.1, 0.15) is 11.9 Å². The minimum atomic E-state index is 0.236. The van der Waals surface area contributed by atoms with Crippen LogP contribution in [0.5, 0.6) is 5.75 Å². The van der Waals surface area contributed by atoms with Gasteiger partial charge in [-0.15, -0.1) is 0 Å². The summed E-state index contributed by atoms with van der Waals surface area (Å²) < 4.78 is 10.9. The van der Waals surface area contributed by atoms with Gasteiger partial charge in [-0.05, 0) is 31.5 Å². The van der Waals surface area contributed by atoms with Gasteiger partial charge < -0.3 is 14.8 Å². The Kier molecular flexibility index (Phi) is 7.43. The number of benzene rings is 1. The fraction of sp³-hybridized carbons (Fsp3) is 0.571. The maximum atomic E-state index is 5.88. The SMILES string of the molecule is CCC(CNCCCOC)Oc1ccccc1. The molecule has 1 aromatic carbocycles. The molecule has 0 saturated carbocycles. The highest BCUT2D eigenvalue weighted by Gasteiger charge is 2.06. The van der Waals surface area contributed by atoms with Crippen LogP contribution in [0.2, 0.25) is 0 Å². The molecule has 1 N–H and O–H groups in total. The summed E-state index contributed by atoms with van der Waals surface area (Å²) in [6.07, 6.45) is 2.28. The van der Waals surface area contributed by atoms with E-state index >= 15 is 0 Å². The van der Waals surface area contributed by atoms with E-state index in [1.54, 1.807) is 7.11 Å². The molecular formula is C14H23NO2. The summed E-state index contributed by atoms with van der Waals surface area (Å²) in [5, 5.41) is 3.39. The second-order valence-corrected chi connectivity index (χ2v) is 4.01. The first-order valence-corrected chi connectivity index (χ1v) is 6.28. The van der Waals surface area contributed by atoms with Crippen LogP contribution in [0.1, 0.15) is 19.8 Å². The van der Waals surface area contributed by atoms with Crippen molar-refractivity contribution in [2.24, 2.45) is 0 Å². The number of rotatable bonds is 9. The molecule has 0 aromatic heterocycles. The maximum absolute atomic E-state index is 5.88. The van der Waals surface area contributed by atoms with Gasteiger partial charge in [0.2, 0.25) is 0 Å². The van der Waals surface area contributed by atoms with E-state index in [0.29, 0.717) is 0 Å². The number of nitrogens with one attached hydrogen (secondary N) is 1. The number of para-hydroxylation sites is 1. The number of ether oxygens (including phenoxy) is 2. The lowest BCUT2D eigenvalue weighted by atomic mass is 10.2. The summed E-state index contributed by atoms with van der Waals surface area (Å²) in [7, 11) is 1.73. The fourth-order valence-corrected chi connectivity index (χ4v) is 1.57. The van der Waals surface area contributed by atoms with E-state index < -0.39 is 0 Å². The average Bonchev–Trinajstić information content (AvgIpc) is 2.38. The van der Waals surface area contributed by atoms with Crippen LogP contribution in [0, 0.1) is 0 Å². The topological polar surface area (TPSA) is 30.5 Å². The first-order chi connectivity index (χ1) is 8.36. The van der Waals surface area contributed by atoms with E-state index in [-0.39, 0.29) is 6.10 Å². The predicted molar refractivity (Wildman–Crippen MR) is 70.5 cm³/mol. The van der Waals surface area contributed by atoms with Gasteiger partial charge in [-0.25, -0.2) is 0 Å². The first-order valence-electron chi connectivity index (χ1n) is 6.28. The summed E-state index contributed by atoms with van der Waals surface area (Å²) in [6, 6.07) is 9.97. The van der Waals surface area contributed by atoms with Crippen LogP contribution in [0.3, 0.4) is 0 Å². The molecule has 1 rings (SSSR count). The van der Waals surface area contributed by atoms with E-state index in [4.69, 9.17) is 9.47 Å². The second kappa shape index (κ2) is 9.02. The van der Waals surface area contributed by atoms with Gasteiger partial charge >= 0.3 is 0 Å². The van der Waals surface area contributed by atoms with E-state index in [0.717, 1.165) is 38.3 Å².